The highest BCUT2D eigenvalue weighted by Crippen LogP contribution is 2.26. The fourth-order valence-electron chi connectivity index (χ4n) is 4.61. The molecule has 4 N–H and O–H groups in total. The Morgan fingerprint density at radius 2 is 1.24 bits per heavy atom. The van der Waals surface area contributed by atoms with E-state index >= 15 is 0 Å². The van der Waals surface area contributed by atoms with Crippen molar-refractivity contribution in [2.24, 2.45) is 5.73 Å². The molecule has 1 heterocycles. The van der Waals surface area contributed by atoms with Gasteiger partial charge in [-0.25, -0.2) is 23.6 Å². The number of esters is 2. The second-order valence-electron chi connectivity index (χ2n) is 10.6. The minimum Gasteiger partial charge on any atom is -0.478 e. The first-order chi connectivity index (χ1) is 21.4. The fourth-order valence-corrected chi connectivity index (χ4v) is 4.61. The second kappa shape index (κ2) is 16.4. The molecule has 0 aromatic heterocycles. The highest BCUT2D eigenvalue weighted by atomic mass is 19.1. The van der Waals surface area contributed by atoms with Gasteiger partial charge in [0.1, 0.15) is 5.82 Å². The molecule has 0 bridgehead atoms. The largest absolute Gasteiger partial charge is 0.478 e. The van der Waals surface area contributed by atoms with E-state index in [-0.39, 0.29) is 23.0 Å². The molecule has 4 rings (SSSR count). The normalized spacial score (nSPS) is 17.4. The number of carboxylic acids is 2. The summed E-state index contributed by atoms with van der Waals surface area (Å²) in [6.45, 7) is 7.02. The summed E-state index contributed by atoms with van der Waals surface area (Å²) in [6.07, 6.45) is -4.44. The lowest BCUT2D eigenvalue weighted by Gasteiger charge is -2.21. The number of likely N-dealkylation sites (tertiary alicyclic amines) is 1. The van der Waals surface area contributed by atoms with Crippen molar-refractivity contribution < 1.29 is 48.0 Å². The van der Waals surface area contributed by atoms with Crippen molar-refractivity contribution >= 4 is 23.9 Å². The van der Waals surface area contributed by atoms with Gasteiger partial charge in [-0.2, -0.15) is 0 Å². The lowest BCUT2D eigenvalue weighted by atomic mass is 9.95. The van der Waals surface area contributed by atoms with Crippen LogP contribution in [0.2, 0.25) is 0 Å². The SMILES string of the molecule is COCCN1C[C@@H](N)[C@H](c2ccc(F)cc2)C1.Cc1ccc(C(=O)O[C@H](C(=O)O)[C@H](OC(=O)c2ccc(C)cc2)C(=O)O)cc1. The zero-order valence-electron chi connectivity index (χ0n) is 25.2. The van der Waals surface area contributed by atoms with E-state index in [2.05, 4.69) is 4.90 Å². The number of ether oxygens (including phenoxy) is 3. The monoisotopic (exact) mass is 624 g/mol. The molecule has 3 aromatic carbocycles. The van der Waals surface area contributed by atoms with Gasteiger partial charge in [0.15, 0.2) is 0 Å². The number of carbonyl (C=O) groups excluding carboxylic acids is 2. The maximum atomic E-state index is 12.9. The van der Waals surface area contributed by atoms with E-state index in [1.54, 1.807) is 45.2 Å². The highest BCUT2D eigenvalue weighted by molar-refractivity contribution is 5.95. The molecular formula is C33H37FN2O9. The van der Waals surface area contributed by atoms with Crippen molar-refractivity contribution in [1.29, 1.82) is 0 Å². The van der Waals surface area contributed by atoms with Gasteiger partial charge in [-0.1, -0.05) is 47.5 Å². The smallest absolute Gasteiger partial charge is 0.349 e. The molecule has 1 aliphatic rings. The number of nitrogens with zero attached hydrogens (tertiary/aromatic N) is 1. The summed E-state index contributed by atoms with van der Waals surface area (Å²) < 4.78 is 27.6. The lowest BCUT2D eigenvalue weighted by Crippen LogP contribution is -2.45. The summed E-state index contributed by atoms with van der Waals surface area (Å²) in [5.74, 6) is -5.52. The molecule has 0 amide bonds. The van der Waals surface area contributed by atoms with Crippen molar-refractivity contribution in [3.8, 4) is 0 Å². The van der Waals surface area contributed by atoms with Crippen LogP contribution >= 0.6 is 0 Å². The quantitative estimate of drug-likeness (QED) is 0.268. The van der Waals surface area contributed by atoms with E-state index in [0.717, 1.165) is 42.9 Å². The molecule has 12 heteroatoms. The number of benzene rings is 3. The molecule has 0 unspecified atom stereocenters. The number of halogens is 1. The number of carbonyl (C=O) groups is 4. The Labute approximate surface area is 260 Å². The number of hydrogen-bond donors (Lipinski definition) is 3. The highest BCUT2D eigenvalue weighted by Gasteiger charge is 2.41. The van der Waals surface area contributed by atoms with Crippen molar-refractivity contribution in [2.45, 2.75) is 38.0 Å². The van der Waals surface area contributed by atoms with Crippen LogP contribution in [0.15, 0.2) is 72.8 Å². The molecule has 0 saturated carbocycles. The molecule has 3 aromatic rings. The Balaban J connectivity index is 0.000000276. The third kappa shape index (κ3) is 10.2. The van der Waals surface area contributed by atoms with Gasteiger partial charge in [-0.05, 0) is 55.8 Å². The van der Waals surface area contributed by atoms with Gasteiger partial charge in [0.2, 0.25) is 12.2 Å². The third-order valence-electron chi connectivity index (χ3n) is 7.15. The van der Waals surface area contributed by atoms with Crippen LogP contribution in [0.3, 0.4) is 0 Å². The summed E-state index contributed by atoms with van der Waals surface area (Å²) in [5, 5.41) is 18.6. The Morgan fingerprint density at radius 1 is 0.800 bits per heavy atom. The van der Waals surface area contributed by atoms with E-state index < -0.39 is 36.1 Å². The van der Waals surface area contributed by atoms with Gasteiger partial charge in [-0.3, -0.25) is 4.90 Å². The van der Waals surface area contributed by atoms with Crippen LogP contribution < -0.4 is 5.73 Å². The Morgan fingerprint density at radius 3 is 1.64 bits per heavy atom. The average Bonchev–Trinajstić information content (AvgIpc) is 3.38. The summed E-state index contributed by atoms with van der Waals surface area (Å²) >= 11 is 0. The average molecular weight is 625 g/mol. The topological polar surface area (TPSA) is 166 Å². The summed E-state index contributed by atoms with van der Waals surface area (Å²) in [5.41, 5.74) is 9.05. The van der Waals surface area contributed by atoms with E-state index in [1.165, 1.54) is 36.4 Å². The first-order valence-electron chi connectivity index (χ1n) is 14.1. The van der Waals surface area contributed by atoms with Gasteiger partial charge >= 0.3 is 23.9 Å². The zero-order valence-corrected chi connectivity index (χ0v) is 25.2. The number of nitrogens with two attached hydrogens (primary N) is 1. The zero-order chi connectivity index (χ0) is 33.1. The van der Waals surface area contributed by atoms with E-state index in [9.17, 15) is 33.8 Å². The molecule has 1 saturated heterocycles. The number of methoxy groups -OCH3 is 1. The van der Waals surface area contributed by atoms with Gasteiger partial charge in [0, 0.05) is 38.7 Å². The van der Waals surface area contributed by atoms with Crippen molar-refractivity contribution in [2.75, 3.05) is 33.4 Å². The predicted molar refractivity (Wildman–Crippen MR) is 161 cm³/mol. The standard InChI is InChI=1S/C20H18O8.C13H19FN2O/c1-11-3-7-13(8-4-11)19(25)27-15(17(21)22)16(18(23)24)28-20(26)14-9-5-12(2)6-10-14;1-17-7-6-16-8-12(13(15)9-16)10-2-4-11(14)5-3-10/h3-10,15-16H,1-2H3,(H,21,22)(H,23,24);2-5,12-13H,6-9,15H2,1H3/t15-,16-;12-,13+/m00/s1. The van der Waals surface area contributed by atoms with Crippen LogP contribution in [0.5, 0.6) is 0 Å². The van der Waals surface area contributed by atoms with Gasteiger partial charge in [0.05, 0.1) is 17.7 Å². The third-order valence-corrected chi connectivity index (χ3v) is 7.15. The maximum Gasteiger partial charge on any atom is 0.349 e. The van der Waals surface area contributed by atoms with Crippen LogP contribution in [-0.4, -0.2) is 90.6 Å². The molecule has 45 heavy (non-hydrogen) atoms. The first kappa shape index (κ1) is 34.8. The molecule has 11 nitrogen and oxygen atoms in total. The van der Waals surface area contributed by atoms with Gasteiger partial charge in [0.25, 0.3) is 0 Å². The maximum absolute atomic E-state index is 12.9. The van der Waals surface area contributed by atoms with Crippen LogP contribution in [0.1, 0.15) is 43.3 Å². The number of carboxylic acid groups (broad SMARTS) is 2. The first-order valence-corrected chi connectivity index (χ1v) is 14.1. The minimum absolute atomic E-state index is 0.0332. The molecule has 1 aliphatic heterocycles. The summed E-state index contributed by atoms with van der Waals surface area (Å²) in [4.78, 5) is 49.6. The summed E-state index contributed by atoms with van der Waals surface area (Å²) in [6, 6.07) is 18.9. The number of hydrogen-bond acceptors (Lipinski definition) is 9. The molecular weight excluding hydrogens is 587 g/mol. The van der Waals surface area contributed by atoms with E-state index in [1.807, 2.05) is 12.1 Å². The predicted octanol–water partition coefficient (Wildman–Crippen LogP) is 3.42. The van der Waals surface area contributed by atoms with E-state index in [4.69, 9.17) is 19.9 Å². The Hall–Kier alpha value is -4.65. The lowest BCUT2D eigenvalue weighted by molar-refractivity contribution is -0.166. The van der Waals surface area contributed by atoms with Crippen molar-refractivity contribution in [1.82, 2.24) is 4.90 Å². The number of rotatable bonds is 11. The second-order valence-corrected chi connectivity index (χ2v) is 10.6. The fraction of sp³-hybridized carbons (Fsp3) is 0.333. The number of aryl methyl sites for hydroxylation is 2. The number of aliphatic carboxylic acids is 2. The van der Waals surface area contributed by atoms with Crippen LogP contribution in [0.4, 0.5) is 4.39 Å². The van der Waals surface area contributed by atoms with Gasteiger partial charge in [-0.15, -0.1) is 0 Å². The molecule has 0 spiro atoms. The van der Waals surface area contributed by atoms with Gasteiger partial charge < -0.3 is 30.2 Å². The van der Waals surface area contributed by atoms with E-state index in [0.29, 0.717) is 5.92 Å². The van der Waals surface area contributed by atoms with Crippen molar-refractivity contribution in [3.63, 3.8) is 0 Å². The van der Waals surface area contributed by atoms with Crippen LogP contribution in [0, 0.1) is 19.7 Å². The summed E-state index contributed by atoms with van der Waals surface area (Å²) in [7, 11) is 1.70. The molecule has 0 radical (unpaired) electrons. The molecule has 240 valence electrons. The minimum atomic E-state index is -2.22. The molecule has 4 atom stereocenters. The molecule has 1 fully saturated rings. The molecule has 0 aliphatic carbocycles. The Bertz CT molecular complexity index is 1370. The van der Waals surface area contributed by atoms with Crippen LogP contribution in [-0.2, 0) is 23.8 Å². The van der Waals surface area contributed by atoms with Crippen molar-refractivity contribution in [3.05, 3.63) is 106 Å². The Kier molecular flexibility index (Phi) is 12.7. The van der Waals surface area contributed by atoms with Crippen LogP contribution in [0.25, 0.3) is 0 Å².